The van der Waals surface area contributed by atoms with Crippen molar-refractivity contribution in [2.75, 3.05) is 35.2 Å². The Morgan fingerprint density at radius 3 is 1.93 bits per heavy atom. The van der Waals surface area contributed by atoms with Crippen molar-refractivity contribution in [3.63, 3.8) is 0 Å². The Labute approximate surface area is 307 Å². The van der Waals surface area contributed by atoms with Crippen LogP contribution in [0.15, 0.2) is 79.0 Å². The van der Waals surface area contributed by atoms with Crippen LogP contribution in [0.2, 0.25) is 0 Å². The molecule has 0 unspecified atom stereocenters. The van der Waals surface area contributed by atoms with Gasteiger partial charge in [0.25, 0.3) is 0 Å². The molecule has 4 amide bonds. The number of benzene rings is 3. The van der Waals surface area contributed by atoms with Crippen LogP contribution in [0.4, 0.5) is 58.8 Å². The zero-order valence-corrected chi connectivity index (χ0v) is 28.6. The number of hydrogen-bond donors (Lipinski definition) is 2. The maximum absolute atomic E-state index is 13.8. The van der Waals surface area contributed by atoms with Crippen LogP contribution in [0.25, 0.3) is 0 Å². The molecule has 0 aliphatic carbocycles. The molecule has 6 rings (SSSR count). The van der Waals surface area contributed by atoms with Gasteiger partial charge in [0, 0.05) is 41.2 Å². The number of rotatable bonds is 10. The molecule has 0 saturated carbocycles. The van der Waals surface area contributed by atoms with Gasteiger partial charge < -0.3 is 44.6 Å². The summed E-state index contributed by atoms with van der Waals surface area (Å²) in [6, 6.07) is 14.3. The van der Waals surface area contributed by atoms with Gasteiger partial charge in [-0.25, -0.2) is 9.59 Å². The van der Waals surface area contributed by atoms with Crippen LogP contribution >= 0.6 is 0 Å². The van der Waals surface area contributed by atoms with E-state index in [0.717, 1.165) is 24.3 Å². The smallest absolute Gasteiger partial charge is 0.489 e. The van der Waals surface area contributed by atoms with Gasteiger partial charge in [0.2, 0.25) is 0 Å². The summed E-state index contributed by atoms with van der Waals surface area (Å²) >= 11 is 0. The molecule has 0 spiro atoms. The van der Waals surface area contributed by atoms with E-state index in [4.69, 9.17) is 9.47 Å². The number of piperidine rings is 1. The number of anilines is 3. The molecule has 15 nitrogen and oxygen atoms in total. The minimum Gasteiger partial charge on any atom is -0.489 e. The lowest BCUT2D eigenvalue weighted by molar-refractivity contribution is -0.389. The number of likely N-dealkylation sites (tertiary alicyclic amines) is 1. The second kappa shape index (κ2) is 15.1. The predicted octanol–water partition coefficient (Wildman–Crippen LogP) is 7.55. The van der Waals surface area contributed by atoms with Crippen LogP contribution in [0.5, 0.6) is 23.3 Å². The van der Waals surface area contributed by atoms with E-state index in [1.807, 2.05) is 0 Å². The highest BCUT2D eigenvalue weighted by molar-refractivity contribution is 6.02. The number of nitrogens with one attached hydrogen (secondary N) is 2. The zero-order chi connectivity index (χ0) is 39.5. The Kier molecular flexibility index (Phi) is 10.6. The molecule has 1 saturated heterocycles. The van der Waals surface area contributed by atoms with Crippen molar-refractivity contribution in [3.05, 3.63) is 89.1 Å². The van der Waals surface area contributed by atoms with Gasteiger partial charge in [-0.05, 0) is 97.5 Å². The van der Waals surface area contributed by atoms with Gasteiger partial charge in [0.1, 0.15) is 30.1 Å². The molecule has 2 N–H and O–H groups in total. The minimum atomic E-state index is -4.90. The molecule has 2 aliphatic rings. The second-order valence-corrected chi connectivity index (χ2v) is 12.7. The molecule has 2 aliphatic heterocycles. The number of nitrogens with zero attached hydrogens (tertiary/aromatic N) is 5. The highest BCUT2D eigenvalue weighted by Gasteiger charge is 2.41. The quantitative estimate of drug-likeness (QED) is 0.0940. The second-order valence-electron chi connectivity index (χ2n) is 12.7. The van der Waals surface area contributed by atoms with Crippen molar-refractivity contribution in [2.24, 2.45) is 0 Å². The van der Waals surface area contributed by atoms with Crippen LogP contribution in [0.3, 0.4) is 0 Å². The van der Waals surface area contributed by atoms with E-state index < -0.39 is 52.9 Å². The number of amides is 4. The van der Waals surface area contributed by atoms with Crippen LogP contribution < -0.4 is 34.5 Å². The van der Waals surface area contributed by atoms with Gasteiger partial charge in [-0.2, -0.15) is 0 Å². The van der Waals surface area contributed by atoms with Crippen molar-refractivity contribution >= 4 is 34.9 Å². The number of urea groups is 2. The Morgan fingerprint density at radius 2 is 1.42 bits per heavy atom. The Bertz CT molecular complexity index is 1980. The summed E-state index contributed by atoms with van der Waals surface area (Å²) in [5.41, 5.74) is -0.0293. The molecule has 0 radical (unpaired) electrons. The van der Waals surface area contributed by atoms with Gasteiger partial charge in [-0.3, -0.25) is 9.47 Å². The summed E-state index contributed by atoms with van der Waals surface area (Å²) in [5.74, 6) is -0.850. The first kappa shape index (κ1) is 38.3. The largest absolute Gasteiger partial charge is 0.573 e. The number of hydrogen-bond acceptors (Lipinski definition) is 9. The van der Waals surface area contributed by atoms with Gasteiger partial charge in [-0.15, -0.1) is 26.3 Å². The summed E-state index contributed by atoms with van der Waals surface area (Å²) in [7, 11) is 0. The van der Waals surface area contributed by atoms with Crippen LogP contribution in [0, 0.1) is 10.1 Å². The molecule has 3 heterocycles. The monoisotopic (exact) mass is 779 g/mol. The van der Waals surface area contributed by atoms with E-state index >= 15 is 0 Å². The normalized spacial score (nSPS) is 17.1. The molecule has 1 fully saturated rings. The molecule has 1 aromatic heterocycles. The lowest BCUT2D eigenvalue weighted by atomic mass is 10.0. The first-order valence-corrected chi connectivity index (χ1v) is 16.4. The van der Waals surface area contributed by atoms with Gasteiger partial charge >= 0.3 is 36.6 Å². The fraction of sp³-hybridized carbons (Fsp3) is 0.324. The molecule has 4 aromatic rings. The van der Waals surface area contributed by atoms with E-state index in [1.165, 1.54) is 44.8 Å². The van der Waals surface area contributed by atoms with E-state index in [1.54, 1.807) is 31.2 Å². The average Bonchev–Trinajstić information content (AvgIpc) is 3.64. The topological polar surface area (TPSA) is 163 Å². The number of ether oxygens (including phenoxy) is 4. The van der Waals surface area contributed by atoms with Gasteiger partial charge in [0.15, 0.2) is 5.60 Å². The number of carbonyl (C=O) groups excluding carboxylic acids is 2. The lowest BCUT2D eigenvalue weighted by Crippen LogP contribution is -2.51. The third-order valence-electron chi connectivity index (χ3n) is 8.43. The molecule has 0 bridgehead atoms. The number of nitro groups is 1. The van der Waals surface area contributed by atoms with E-state index in [-0.39, 0.29) is 49.4 Å². The molecule has 292 valence electrons. The summed E-state index contributed by atoms with van der Waals surface area (Å²) < 4.78 is 96.5. The number of fused-ring (bicyclic) bond motifs is 1. The van der Waals surface area contributed by atoms with Crippen molar-refractivity contribution in [2.45, 2.75) is 50.7 Å². The Morgan fingerprint density at radius 1 is 0.891 bits per heavy atom. The minimum absolute atomic E-state index is 0.0494. The number of halogens is 6. The molecule has 3 aromatic carbocycles. The predicted molar refractivity (Wildman–Crippen MR) is 181 cm³/mol. The van der Waals surface area contributed by atoms with Gasteiger partial charge in [0.05, 0.1) is 6.54 Å². The van der Waals surface area contributed by atoms with E-state index in [2.05, 4.69) is 25.1 Å². The van der Waals surface area contributed by atoms with Crippen molar-refractivity contribution < 1.29 is 59.8 Å². The molecule has 21 heteroatoms. The van der Waals surface area contributed by atoms with Crippen molar-refractivity contribution in [1.82, 2.24) is 14.5 Å². The zero-order valence-electron chi connectivity index (χ0n) is 28.6. The Hall–Kier alpha value is -6.41. The van der Waals surface area contributed by atoms with E-state index in [0.29, 0.717) is 24.3 Å². The Balaban J connectivity index is 1.11. The van der Waals surface area contributed by atoms with Gasteiger partial charge in [-0.1, -0.05) is 0 Å². The van der Waals surface area contributed by atoms with Crippen molar-refractivity contribution in [3.8, 4) is 23.3 Å². The molecule has 55 heavy (non-hydrogen) atoms. The number of imidazole rings is 1. The maximum Gasteiger partial charge on any atom is 0.573 e. The number of aromatic nitrogens is 2. The third kappa shape index (κ3) is 9.97. The summed E-state index contributed by atoms with van der Waals surface area (Å²) in [4.78, 5) is 44.0. The van der Waals surface area contributed by atoms with Crippen LogP contribution in [-0.2, 0) is 6.54 Å². The van der Waals surface area contributed by atoms with E-state index in [9.17, 15) is 46.0 Å². The number of alkyl halides is 6. The number of carbonyl (C=O) groups is 2. The van der Waals surface area contributed by atoms with Crippen LogP contribution in [-0.4, -0.2) is 75.5 Å². The summed E-state index contributed by atoms with van der Waals surface area (Å²) in [6.07, 6.45) is -7.88. The lowest BCUT2D eigenvalue weighted by Gasteiger charge is -2.38. The first-order chi connectivity index (χ1) is 25.9. The van der Waals surface area contributed by atoms with Crippen molar-refractivity contribution in [1.29, 1.82) is 0 Å². The SMILES string of the molecule is C[C@]1(COc2ccc(N(C(=O)Nc3ccc(OC(F)(F)F)cc3)C3CCN(C(=O)Nc4ccc(OC(F)(F)F)cc4)CC3)cc2)Cn2cc([N+](=O)[O-])nc2O1. The molecular weight excluding hydrogens is 748 g/mol. The molecular formula is C34H31F6N7O8. The first-order valence-electron chi connectivity index (χ1n) is 16.4. The summed E-state index contributed by atoms with van der Waals surface area (Å²) in [5, 5.41) is 16.3. The third-order valence-corrected chi connectivity index (χ3v) is 8.43. The highest BCUT2D eigenvalue weighted by Crippen LogP contribution is 2.33. The maximum atomic E-state index is 13.8. The molecule has 1 atom stereocenters. The average molecular weight is 780 g/mol. The standard InChI is InChI=1S/C34H31F6N7O8/c1-32(19-45-18-28(47(50)51)43-31(45)55-32)20-52-25-12-6-23(7-13-25)46(30(49)42-22-4-10-27(11-5-22)54-34(38,39)40)24-14-16-44(17-15-24)29(48)41-21-2-8-26(9-3-21)53-33(35,36)37/h2-13,18,24H,14-17,19-20H2,1H3,(H,41,48)(H,42,49)/t32-/m1/s1. The van der Waals surface area contributed by atoms with Crippen LogP contribution in [0.1, 0.15) is 19.8 Å². The summed E-state index contributed by atoms with van der Waals surface area (Å²) in [6.45, 7) is 2.44. The highest BCUT2D eigenvalue weighted by atomic mass is 19.4. The fourth-order valence-corrected chi connectivity index (χ4v) is 5.98. The fourth-order valence-electron chi connectivity index (χ4n) is 5.98.